The van der Waals surface area contributed by atoms with Gasteiger partial charge in [0.2, 0.25) is 0 Å². The molecule has 0 aromatic carbocycles. The van der Waals surface area contributed by atoms with Gasteiger partial charge in [0.25, 0.3) is 0 Å². The molecule has 12 heavy (non-hydrogen) atoms. The zero-order valence-corrected chi connectivity index (χ0v) is 8.42. The molecule has 72 valence electrons. The first-order valence-electron chi connectivity index (χ1n) is 4.22. The van der Waals surface area contributed by atoms with Crippen molar-refractivity contribution in [3.05, 3.63) is 0 Å². The van der Waals surface area contributed by atoms with Crippen molar-refractivity contribution in [3.8, 4) is 0 Å². The monoisotopic (exact) mass is 191 g/mol. The topological polar surface area (TPSA) is 40.5 Å². The molecule has 1 aliphatic rings. The molecular formula is C8H17NO2S. The number of aliphatic carboxylic acids is 1. The highest BCUT2D eigenvalue weighted by Crippen LogP contribution is 2.16. The summed E-state index contributed by atoms with van der Waals surface area (Å²) >= 11 is 0. The minimum absolute atomic E-state index is 0. The van der Waals surface area contributed by atoms with Crippen LogP contribution in [0.4, 0.5) is 0 Å². The maximum Gasteiger partial charge on any atom is 0.320 e. The summed E-state index contributed by atoms with van der Waals surface area (Å²) in [5, 5.41) is 8.77. The number of nitrogens with zero attached hydrogens (tertiary/aromatic N) is 1. The lowest BCUT2D eigenvalue weighted by molar-refractivity contribution is -0.142. The Morgan fingerprint density at radius 2 is 2.33 bits per heavy atom. The Morgan fingerprint density at radius 3 is 2.83 bits per heavy atom. The first-order chi connectivity index (χ1) is 5.25. The number of carbonyl (C=O) groups is 1. The second kappa shape index (κ2) is 5.43. The number of carboxylic acids is 1. The maximum absolute atomic E-state index is 10.6. The van der Waals surface area contributed by atoms with Gasteiger partial charge in [-0.15, -0.1) is 0 Å². The average molecular weight is 191 g/mol. The van der Waals surface area contributed by atoms with E-state index in [1.165, 1.54) is 0 Å². The predicted molar refractivity (Wildman–Crippen MR) is 52.9 cm³/mol. The minimum Gasteiger partial charge on any atom is -0.480 e. The Bertz CT molecular complexity index is 152. The summed E-state index contributed by atoms with van der Waals surface area (Å²) in [7, 11) is 0. The van der Waals surface area contributed by atoms with Crippen molar-refractivity contribution < 1.29 is 9.90 Å². The Morgan fingerprint density at radius 1 is 1.67 bits per heavy atom. The van der Waals surface area contributed by atoms with Crippen LogP contribution in [-0.4, -0.2) is 35.1 Å². The largest absolute Gasteiger partial charge is 0.480 e. The van der Waals surface area contributed by atoms with E-state index in [1.807, 2.05) is 0 Å². The van der Waals surface area contributed by atoms with E-state index in [2.05, 4.69) is 11.8 Å². The van der Waals surface area contributed by atoms with Crippen LogP contribution in [0.15, 0.2) is 0 Å². The van der Waals surface area contributed by atoms with Gasteiger partial charge in [0.05, 0.1) is 0 Å². The normalized spacial score (nSPS) is 23.6. The molecule has 0 spiro atoms. The van der Waals surface area contributed by atoms with Crippen molar-refractivity contribution in [1.82, 2.24) is 4.90 Å². The van der Waals surface area contributed by atoms with Gasteiger partial charge in [-0.25, -0.2) is 0 Å². The molecule has 1 N–H and O–H groups in total. The second-order valence-electron chi connectivity index (χ2n) is 3.03. The molecule has 1 aliphatic heterocycles. The van der Waals surface area contributed by atoms with E-state index in [0.717, 1.165) is 32.4 Å². The van der Waals surface area contributed by atoms with Crippen LogP contribution in [-0.2, 0) is 4.79 Å². The van der Waals surface area contributed by atoms with Crippen LogP contribution in [0.25, 0.3) is 0 Å². The second-order valence-corrected chi connectivity index (χ2v) is 3.03. The van der Waals surface area contributed by atoms with Crippen LogP contribution in [0.1, 0.15) is 26.2 Å². The van der Waals surface area contributed by atoms with Crippen LogP contribution < -0.4 is 0 Å². The molecule has 1 saturated heterocycles. The van der Waals surface area contributed by atoms with Crippen molar-refractivity contribution in [3.63, 3.8) is 0 Å². The third kappa shape index (κ3) is 2.68. The van der Waals surface area contributed by atoms with E-state index in [1.54, 1.807) is 0 Å². The lowest BCUT2D eigenvalue weighted by Crippen LogP contribution is -2.36. The molecule has 0 aliphatic carbocycles. The SMILES string of the molecule is CCCN1CCC[C@H]1C(=O)O.S. The highest BCUT2D eigenvalue weighted by molar-refractivity contribution is 7.59. The van der Waals surface area contributed by atoms with E-state index >= 15 is 0 Å². The summed E-state index contributed by atoms with van der Waals surface area (Å²) in [4.78, 5) is 12.7. The Kier molecular flexibility index (Phi) is 5.33. The lowest BCUT2D eigenvalue weighted by atomic mass is 10.2. The minimum atomic E-state index is -0.657. The molecule has 0 aromatic heterocycles. The van der Waals surface area contributed by atoms with Crippen LogP contribution in [0, 0.1) is 0 Å². The summed E-state index contributed by atoms with van der Waals surface area (Å²) in [6.07, 6.45) is 2.91. The van der Waals surface area contributed by atoms with Gasteiger partial charge in [-0.2, -0.15) is 13.5 Å². The summed E-state index contributed by atoms with van der Waals surface area (Å²) in [6.45, 7) is 3.97. The number of hydrogen-bond acceptors (Lipinski definition) is 2. The van der Waals surface area contributed by atoms with Crippen molar-refractivity contribution >= 4 is 19.5 Å². The molecule has 1 fully saturated rings. The van der Waals surface area contributed by atoms with Crippen molar-refractivity contribution in [1.29, 1.82) is 0 Å². The fraction of sp³-hybridized carbons (Fsp3) is 0.875. The number of likely N-dealkylation sites (tertiary alicyclic amines) is 1. The van der Waals surface area contributed by atoms with Crippen LogP contribution >= 0.6 is 13.5 Å². The molecule has 0 amide bonds. The van der Waals surface area contributed by atoms with Gasteiger partial charge in [0.15, 0.2) is 0 Å². The van der Waals surface area contributed by atoms with Gasteiger partial charge in [-0.1, -0.05) is 6.92 Å². The standard InChI is InChI=1S/C8H15NO2.H2S/c1-2-5-9-6-3-4-7(9)8(10)11;/h7H,2-6H2,1H3,(H,10,11);1H2/t7-;/m0./s1. The zero-order valence-electron chi connectivity index (χ0n) is 7.42. The number of hydrogen-bond donors (Lipinski definition) is 1. The first-order valence-corrected chi connectivity index (χ1v) is 4.22. The Labute approximate surface area is 80.2 Å². The van der Waals surface area contributed by atoms with Crippen LogP contribution in [0.5, 0.6) is 0 Å². The highest BCUT2D eigenvalue weighted by atomic mass is 32.1. The molecule has 0 radical (unpaired) electrons. The number of carboxylic acid groups (broad SMARTS) is 1. The maximum atomic E-state index is 10.6. The summed E-state index contributed by atoms with van der Waals surface area (Å²) in [6, 6.07) is -0.199. The van der Waals surface area contributed by atoms with Gasteiger partial charge in [-0.3, -0.25) is 9.69 Å². The summed E-state index contributed by atoms with van der Waals surface area (Å²) < 4.78 is 0. The quantitative estimate of drug-likeness (QED) is 0.725. The number of rotatable bonds is 3. The molecule has 0 unspecified atom stereocenters. The summed E-state index contributed by atoms with van der Waals surface area (Å²) in [5.74, 6) is -0.657. The third-order valence-electron chi connectivity index (χ3n) is 2.16. The van der Waals surface area contributed by atoms with E-state index < -0.39 is 5.97 Å². The molecule has 4 heteroatoms. The molecule has 0 aromatic rings. The van der Waals surface area contributed by atoms with E-state index in [-0.39, 0.29) is 19.5 Å². The summed E-state index contributed by atoms with van der Waals surface area (Å²) in [5.41, 5.74) is 0. The molecule has 1 rings (SSSR count). The molecular weight excluding hydrogens is 174 g/mol. The van der Waals surface area contributed by atoms with Crippen molar-refractivity contribution in [2.45, 2.75) is 32.2 Å². The van der Waals surface area contributed by atoms with Gasteiger partial charge in [0.1, 0.15) is 6.04 Å². The first kappa shape index (κ1) is 11.8. The third-order valence-corrected chi connectivity index (χ3v) is 2.16. The van der Waals surface area contributed by atoms with Crippen molar-refractivity contribution in [2.24, 2.45) is 0 Å². The van der Waals surface area contributed by atoms with E-state index in [0.29, 0.717) is 0 Å². The van der Waals surface area contributed by atoms with Gasteiger partial charge >= 0.3 is 5.97 Å². The molecule has 3 nitrogen and oxygen atoms in total. The average Bonchev–Trinajstić information content (AvgIpc) is 2.36. The molecule has 1 atom stereocenters. The highest BCUT2D eigenvalue weighted by Gasteiger charge is 2.29. The molecule has 0 bridgehead atoms. The van der Waals surface area contributed by atoms with E-state index in [4.69, 9.17) is 5.11 Å². The molecule has 1 heterocycles. The Balaban J connectivity index is 0.00000121. The fourth-order valence-electron chi connectivity index (χ4n) is 1.66. The Hall–Kier alpha value is -0.220. The van der Waals surface area contributed by atoms with E-state index in [9.17, 15) is 4.79 Å². The van der Waals surface area contributed by atoms with Gasteiger partial charge in [0, 0.05) is 0 Å². The predicted octanol–water partition coefficient (Wildman–Crippen LogP) is 1.06. The zero-order chi connectivity index (χ0) is 8.27. The van der Waals surface area contributed by atoms with Crippen LogP contribution in [0.2, 0.25) is 0 Å². The van der Waals surface area contributed by atoms with Crippen LogP contribution in [0.3, 0.4) is 0 Å². The van der Waals surface area contributed by atoms with Gasteiger partial charge in [-0.05, 0) is 32.4 Å². The fourth-order valence-corrected chi connectivity index (χ4v) is 1.66. The van der Waals surface area contributed by atoms with Crippen molar-refractivity contribution in [2.75, 3.05) is 13.1 Å². The smallest absolute Gasteiger partial charge is 0.320 e. The molecule has 0 saturated carbocycles. The van der Waals surface area contributed by atoms with Gasteiger partial charge < -0.3 is 5.11 Å². The lowest BCUT2D eigenvalue weighted by Gasteiger charge is -2.19.